The number of benzene rings is 2. The first-order valence-corrected chi connectivity index (χ1v) is 9.41. The van der Waals surface area contributed by atoms with Crippen molar-refractivity contribution in [1.82, 2.24) is 4.98 Å². The highest BCUT2D eigenvalue weighted by Crippen LogP contribution is 2.34. The first-order valence-electron chi connectivity index (χ1n) is 8.60. The molecule has 6 nitrogen and oxygen atoms in total. The third-order valence-corrected chi connectivity index (χ3v) is 5.31. The van der Waals surface area contributed by atoms with Crippen molar-refractivity contribution in [2.45, 2.75) is 20.3 Å². The van der Waals surface area contributed by atoms with E-state index in [1.54, 1.807) is 24.3 Å². The molecule has 0 aliphatic heterocycles. The maximum Gasteiger partial charge on any atom is 0.337 e. The highest BCUT2D eigenvalue weighted by molar-refractivity contribution is 7.16. The SMILES string of the molecule is COC(=O)c1ccc(Nc2nc(-c3ccc(C)c(C)c3)c(CC(=O)[O-])s2)cc1. The van der Waals surface area contributed by atoms with Gasteiger partial charge in [-0.15, -0.1) is 11.3 Å². The van der Waals surface area contributed by atoms with Crippen LogP contribution in [-0.2, 0) is 16.0 Å². The number of carboxylic acid groups (broad SMARTS) is 1. The fourth-order valence-corrected chi connectivity index (χ4v) is 3.69. The fourth-order valence-electron chi connectivity index (χ4n) is 2.70. The van der Waals surface area contributed by atoms with Crippen LogP contribution >= 0.6 is 11.3 Å². The first kappa shape index (κ1) is 19.6. The molecule has 144 valence electrons. The minimum atomic E-state index is -1.15. The monoisotopic (exact) mass is 395 g/mol. The van der Waals surface area contributed by atoms with Crippen molar-refractivity contribution in [3.63, 3.8) is 0 Å². The van der Waals surface area contributed by atoms with Gasteiger partial charge < -0.3 is 20.0 Å². The number of thiazole rings is 1. The van der Waals surface area contributed by atoms with E-state index in [-0.39, 0.29) is 6.42 Å². The van der Waals surface area contributed by atoms with Crippen molar-refractivity contribution < 1.29 is 19.4 Å². The average Bonchev–Trinajstić information content (AvgIpc) is 3.05. The second-order valence-electron chi connectivity index (χ2n) is 6.33. The van der Waals surface area contributed by atoms with E-state index >= 15 is 0 Å². The number of methoxy groups -OCH3 is 1. The van der Waals surface area contributed by atoms with E-state index in [4.69, 9.17) is 0 Å². The van der Waals surface area contributed by atoms with Crippen molar-refractivity contribution in [1.29, 1.82) is 0 Å². The predicted octanol–water partition coefficient (Wildman–Crippen LogP) is 3.25. The lowest BCUT2D eigenvalue weighted by Crippen LogP contribution is -2.24. The van der Waals surface area contributed by atoms with Crippen LogP contribution in [0, 0.1) is 13.8 Å². The standard InChI is InChI=1S/C21H20N2O4S/c1-12-4-5-15(10-13(12)2)19-17(11-18(24)25)28-21(23-19)22-16-8-6-14(7-9-16)20(26)27-3/h4-10H,11H2,1-3H3,(H,22,23)(H,24,25)/p-1. The summed E-state index contributed by atoms with van der Waals surface area (Å²) in [5.74, 6) is -1.56. The molecule has 0 spiro atoms. The van der Waals surface area contributed by atoms with E-state index in [0.29, 0.717) is 21.3 Å². The van der Waals surface area contributed by atoms with Crippen LogP contribution in [0.3, 0.4) is 0 Å². The van der Waals surface area contributed by atoms with Crippen LogP contribution in [0.2, 0.25) is 0 Å². The van der Waals surface area contributed by atoms with E-state index in [2.05, 4.69) is 15.0 Å². The number of nitrogens with zero attached hydrogens (tertiary/aromatic N) is 1. The number of hydrogen-bond donors (Lipinski definition) is 1. The number of rotatable bonds is 6. The highest BCUT2D eigenvalue weighted by atomic mass is 32.1. The number of carboxylic acids is 1. The van der Waals surface area contributed by atoms with Crippen molar-refractivity contribution in [2.24, 2.45) is 0 Å². The Bertz CT molecular complexity index is 1030. The number of aryl methyl sites for hydroxylation is 2. The number of ether oxygens (including phenoxy) is 1. The third kappa shape index (κ3) is 4.37. The van der Waals surface area contributed by atoms with E-state index in [0.717, 1.165) is 22.4 Å². The summed E-state index contributed by atoms with van der Waals surface area (Å²) in [6.45, 7) is 4.03. The molecular formula is C21H19N2O4S-. The van der Waals surface area contributed by atoms with Gasteiger partial charge >= 0.3 is 5.97 Å². The van der Waals surface area contributed by atoms with Gasteiger partial charge in [-0.05, 0) is 55.3 Å². The van der Waals surface area contributed by atoms with E-state index in [9.17, 15) is 14.7 Å². The number of anilines is 2. The van der Waals surface area contributed by atoms with E-state index in [1.807, 2.05) is 32.0 Å². The number of esters is 1. The summed E-state index contributed by atoms with van der Waals surface area (Å²) >= 11 is 1.27. The van der Waals surface area contributed by atoms with Gasteiger partial charge in [-0.3, -0.25) is 0 Å². The second kappa shape index (κ2) is 8.22. The summed E-state index contributed by atoms with van der Waals surface area (Å²) in [7, 11) is 1.33. The van der Waals surface area contributed by atoms with Gasteiger partial charge in [0, 0.05) is 28.5 Å². The number of nitrogens with one attached hydrogen (secondary N) is 1. The Balaban J connectivity index is 1.91. The van der Waals surface area contributed by atoms with Crippen LogP contribution < -0.4 is 10.4 Å². The summed E-state index contributed by atoms with van der Waals surface area (Å²) in [6, 6.07) is 12.7. The Kier molecular flexibility index (Phi) is 5.75. The minimum absolute atomic E-state index is 0.205. The molecule has 2 aromatic carbocycles. The van der Waals surface area contributed by atoms with Crippen LogP contribution in [0.15, 0.2) is 42.5 Å². The molecule has 0 radical (unpaired) electrons. The van der Waals surface area contributed by atoms with Crippen LogP contribution in [0.4, 0.5) is 10.8 Å². The van der Waals surface area contributed by atoms with Gasteiger partial charge in [-0.2, -0.15) is 0 Å². The molecule has 0 amide bonds. The molecule has 1 heterocycles. The molecule has 0 saturated carbocycles. The normalized spacial score (nSPS) is 10.5. The zero-order valence-electron chi connectivity index (χ0n) is 15.7. The number of aliphatic carboxylic acids is 1. The van der Waals surface area contributed by atoms with Crippen LogP contribution in [0.1, 0.15) is 26.4 Å². The summed E-state index contributed by atoms with van der Waals surface area (Å²) in [6.07, 6.45) is -0.205. The van der Waals surface area contributed by atoms with Crippen LogP contribution in [0.5, 0.6) is 0 Å². The molecule has 0 unspecified atom stereocenters. The predicted molar refractivity (Wildman–Crippen MR) is 107 cm³/mol. The van der Waals surface area contributed by atoms with Gasteiger partial charge in [0.1, 0.15) is 0 Å². The third-order valence-electron chi connectivity index (χ3n) is 4.34. The Hall–Kier alpha value is -3.19. The molecule has 7 heteroatoms. The Morgan fingerprint density at radius 3 is 2.43 bits per heavy atom. The lowest BCUT2D eigenvalue weighted by molar-refractivity contribution is -0.304. The maximum atomic E-state index is 11.5. The van der Waals surface area contributed by atoms with E-state index < -0.39 is 11.9 Å². The summed E-state index contributed by atoms with van der Waals surface area (Å²) in [5.41, 5.74) is 4.94. The molecule has 28 heavy (non-hydrogen) atoms. The van der Waals surface area contributed by atoms with Crippen molar-refractivity contribution >= 4 is 34.1 Å². The Morgan fingerprint density at radius 2 is 1.82 bits per heavy atom. The smallest absolute Gasteiger partial charge is 0.337 e. The maximum absolute atomic E-state index is 11.5. The molecule has 1 aromatic heterocycles. The van der Waals surface area contributed by atoms with Crippen molar-refractivity contribution in [3.8, 4) is 11.3 Å². The highest BCUT2D eigenvalue weighted by Gasteiger charge is 2.15. The van der Waals surface area contributed by atoms with Crippen molar-refractivity contribution in [3.05, 3.63) is 64.0 Å². The van der Waals surface area contributed by atoms with Gasteiger partial charge in [0.05, 0.1) is 18.4 Å². The van der Waals surface area contributed by atoms with Gasteiger partial charge in [0.25, 0.3) is 0 Å². The lowest BCUT2D eigenvalue weighted by atomic mass is 10.0. The van der Waals surface area contributed by atoms with E-state index in [1.165, 1.54) is 18.4 Å². The number of hydrogen-bond acceptors (Lipinski definition) is 7. The topological polar surface area (TPSA) is 91.3 Å². The fraction of sp³-hybridized carbons (Fsp3) is 0.190. The first-order chi connectivity index (χ1) is 13.4. The van der Waals surface area contributed by atoms with Gasteiger partial charge in [0.15, 0.2) is 5.13 Å². The number of aromatic nitrogens is 1. The Labute approximate surface area is 166 Å². The molecule has 0 fully saturated rings. The van der Waals surface area contributed by atoms with Crippen LogP contribution in [0.25, 0.3) is 11.3 Å². The molecule has 0 aliphatic carbocycles. The quantitative estimate of drug-likeness (QED) is 0.644. The molecule has 0 aliphatic rings. The average molecular weight is 395 g/mol. The molecule has 0 bridgehead atoms. The Morgan fingerprint density at radius 1 is 1.11 bits per heavy atom. The lowest BCUT2D eigenvalue weighted by Gasteiger charge is -2.06. The van der Waals surface area contributed by atoms with Crippen molar-refractivity contribution in [2.75, 3.05) is 12.4 Å². The summed E-state index contributed by atoms with van der Waals surface area (Å²) < 4.78 is 4.69. The zero-order chi connectivity index (χ0) is 20.3. The number of carbonyl (C=O) groups excluding carboxylic acids is 2. The molecule has 0 saturated heterocycles. The summed E-state index contributed by atoms with van der Waals surface area (Å²) in [5, 5.41) is 14.9. The second-order valence-corrected chi connectivity index (χ2v) is 7.42. The molecule has 0 atom stereocenters. The van der Waals surface area contributed by atoms with Gasteiger partial charge in [-0.1, -0.05) is 12.1 Å². The van der Waals surface area contributed by atoms with Gasteiger partial charge in [0.2, 0.25) is 0 Å². The molecular weight excluding hydrogens is 376 g/mol. The largest absolute Gasteiger partial charge is 0.550 e. The minimum Gasteiger partial charge on any atom is -0.550 e. The summed E-state index contributed by atoms with van der Waals surface area (Å²) in [4.78, 5) is 27.9. The molecule has 3 aromatic rings. The van der Waals surface area contributed by atoms with Gasteiger partial charge in [-0.25, -0.2) is 9.78 Å². The zero-order valence-corrected chi connectivity index (χ0v) is 16.6. The molecule has 3 rings (SSSR count). The number of carbonyl (C=O) groups is 2. The molecule has 1 N–H and O–H groups in total. The van der Waals surface area contributed by atoms with Crippen LogP contribution in [-0.4, -0.2) is 24.0 Å².